The molecule has 4 rings (SSSR count). The van der Waals surface area contributed by atoms with E-state index in [0.29, 0.717) is 30.4 Å². The zero-order valence-electron chi connectivity index (χ0n) is 19.5. The predicted octanol–water partition coefficient (Wildman–Crippen LogP) is 3.99. The highest BCUT2D eigenvalue weighted by Gasteiger charge is 2.78. The van der Waals surface area contributed by atoms with E-state index in [-0.39, 0.29) is 24.5 Å². The van der Waals surface area contributed by atoms with Crippen LogP contribution in [0.2, 0.25) is 0 Å². The summed E-state index contributed by atoms with van der Waals surface area (Å²) in [6.07, 6.45) is 2.31. The van der Waals surface area contributed by atoms with Crippen LogP contribution in [-0.2, 0) is 19.1 Å². The molecule has 4 aliphatic rings. The van der Waals surface area contributed by atoms with Crippen LogP contribution >= 0.6 is 11.6 Å². The van der Waals surface area contributed by atoms with E-state index < -0.39 is 57.9 Å². The van der Waals surface area contributed by atoms with E-state index >= 15 is 4.39 Å². The molecule has 33 heavy (non-hydrogen) atoms. The normalized spacial score (nSPS) is 46.5. The third-order valence-electron chi connectivity index (χ3n) is 9.53. The summed E-state index contributed by atoms with van der Waals surface area (Å²) in [7, 11) is 0. The summed E-state index contributed by atoms with van der Waals surface area (Å²) < 4.78 is 23.1. The van der Waals surface area contributed by atoms with Crippen molar-refractivity contribution < 1.29 is 33.7 Å². The molecule has 4 unspecified atom stereocenters. The minimum atomic E-state index is -2.13. The number of ether oxygens (including phenoxy) is 1. The first kappa shape index (κ1) is 24.4. The minimum Gasteiger partial charge on any atom is -0.478 e. The number of aliphatic hydroxyl groups excluding tert-OH is 1. The third-order valence-corrected chi connectivity index (χ3v) is 9.82. The van der Waals surface area contributed by atoms with Crippen LogP contribution < -0.4 is 0 Å². The van der Waals surface area contributed by atoms with E-state index in [0.717, 1.165) is 0 Å². The van der Waals surface area contributed by atoms with Gasteiger partial charge in [-0.1, -0.05) is 26.3 Å². The quantitative estimate of drug-likeness (QED) is 0.464. The molecular weight excluding hydrogens is 451 g/mol. The number of aliphatic carboxylic acids is 1. The number of carboxylic acids is 1. The highest BCUT2D eigenvalue weighted by Crippen LogP contribution is 2.72. The van der Waals surface area contributed by atoms with Gasteiger partial charge < -0.3 is 14.9 Å². The van der Waals surface area contributed by atoms with E-state index in [2.05, 4.69) is 0 Å². The molecule has 0 aliphatic heterocycles. The fourth-order valence-corrected chi connectivity index (χ4v) is 8.25. The number of carboxylic acid groups (broad SMARTS) is 1. The van der Waals surface area contributed by atoms with Gasteiger partial charge in [-0.2, -0.15) is 0 Å². The van der Waals surface area contributed by atoms with Crippen LogP contribution in [0.4, 0.5) is 4.39 Å². The highest BCUT2D eigenvalue weighted by atomic mass is 35.5. The Balaban J connectivity index is 1.87. The van der Waals surface area contributed by atoms with Gasteiger partial charge in [0, 0.05) is 35.0 Å². The smallest absolute Gasteiger partial charge is 0.349 e. The lowest BCUT2D eigenvalue weighted by atomic mass is 9.43. The van der Waals surface area contributed by atoms with Crippen LogP contribution in [0.3, 0.4) is 0 Å². The Hall–Kier alpha value is -1.73. The molecule has 0 saturated heterocycles. The average Bonchev–Trinajstić information content (AvgIpc) is 2.96. The summed E-state index contributed by atoms with van der Waals surface area (Å²) in [5.74, 6) is -3.84. The van der Waals surface area contributed by atoms with Gasteiger partial charge in [-0.3, -0.25) is 9.59 Å². The lowest BCUT2D eigenvalue weighted by Gasteiger charge is -2.63. The monoisotopic (exact) mass is 482 g/mol. The van der Waals surface area contributed by atoms with E-state index in [1.54, 1.807) is 27.7 Å². The predicted molar refractivity (Wildman–Crippen MR) is 119 cm³/mol. The molecule has 0 aromatic rings. The third kappa shape index (κ3) is 2.78. The van der Waals surface area contributed by atoms with Crippen molar-refractivity contribution in [1.82, 2.24) is 0 Å². The number of aliphatic hydroxyl groups is 1. The van der Waals surface area contributed by atoms with Crippen LogP contribution in [-0.4, -0.2) is 51.2 Å². The first-order valence-electron chi connectivity index (χ1n) is 11.7. The number of fused-ring (bicyclic) bond motifs is 5. The number of alkyl halides is 2. The topological polar surface area (TPSA) is 101 Å². The zero-order valence-corrected chi connectivity index (χ0v) is 20.2. The summed E-state index contributed by atoms with van der Waals surface area (Å²) in [5.41, 5.74) is -5.34. The molecule has 6 nitrogen and oxygen atoms in total. The number of ketones is 1. The highest BCUT2D eigenvalue weighted by molar-refractivity contribution is 6.20. The van der Waals surface area contributed by atoms with Crippen molar-refractivity contribution in [3.63, 3.8) is 0 Å². The maximum Gasteiger partial charge on any atom is 0.349 e. The fourth-order valence-electron chi connectivity index (χ4n) is 7.91. The Kier molecular flexibility index (Phi) is 5.65. The Morgan fingerprint density at radius 1 is 1.27 bits per heavy atom. The summed E-state index contributed by atoms with van der Waals surface area (Å²) >= 11 is 6.19. The molecule has 3 saturated carbocycles. The van der Waals surface area contributed by atoms with Crippen molar-refractivity contribution in [2.75, 3.05) is 5.88 Å². The number of hydrogen-bond acceptors (Lipinski definition) is 5. The van der Waals surface area contributed by atoms with Crippen molar-refractivity contribution in [3.8, 4) is 0 Å². The molecule has 0 aromatic carbocycles. The van der Waals surface area contributed by atoms with Crippen LogP contribution in [0.25, 0.3) is 0 Å². The van der Waals surface area contributed by atoms with Gasteiger partial charge in [0.25, 0.3) is 0 Å². The van der Waals surface area contributed by atoms with Gasteiger partial charge in [-0.05, 0) is 56.3 Å². The summed E-state index contributed by atoms with van der Waals surface area (Å²) in [5, 5.41) is 21.8. The number of hydrogen-bond donors (Lipinski definition) is 2. The number of allylic oxidation sites excluding steroid dienone is 4. The van der Waals surface area contributed by atoms with Crippen LogP contribution in [0.5, 0.6) is 0 Å². The number of halogens is 2. The molecule has 0 radical (unpaired) electrons. The second kappa shape index (κ2) is 7.64. The van der Waals surface area contributed by atoms with Gasteiger partial charge in [0.2, 0.25) is 5.60 Å². The molecule has 0 bridgehead atoms. The van der Waals surface area contributed by atoms with Crippen molar-refractivity contribution in [1.29, 1.82) is 0 Å². The fraction of sp³-hybridized carbons (Fsp3) is 0.720. The first-order valence-corrected chi connectivity index (χ1v) is 12.2. The molecule has 0 amide bonds. The van der Waals surface area contributed by atoms with Crippen LogP contribution in [0.1, 0.15) is 59.8 Å². The molecule has 0 aromatic heterocycles. The largest absolute Gasteiger partial charge is 0.478 e. The lowest BCUT2D eigenvalue weighted by molar-refractivity contribution is -0.235. The van der Waals surface area contributed by atoms with Crippen molar-refractivity contribution in [3.05, 3.63) is 23.3 Å². The van der Waals surface area contributed by atoms with Gasteiger partial charge in [0.15, 0.2) is 11.5 Å². The van der Waals surface area contributed by atoms with E-state index in [1.807, 2.05) is 0 Å². The van der Waals surface area contributed by atoms with Crippen LogP contribution in [0, 0.1) is 28.6 Å². The molecular formula is C25H32ClFO6. The van der Waals surface area contributed by atoms with Gasteiger partial charge in [-0.15, -0.1) is 11.6 Å². The summed E-state index contributed by atoms with van der Waals surface area (Å²) in [6.45, 7) is 6.75. The molecule has 8 heteroatoms. The molecule has 0 spiro atoms. The number of carbonyl (C=O) groups is 3. The Labute approximate surface area is 198 Å². The SMILES string of the molecule is CCC(=O)O[C@]1(C(=O)O)[C@@H](C)CC2C3CCC4=CC(=O)C=C(CCl)C4(C)[C@@]3(F)[C@@H](O)CC21C. The maximum atomic E-state index is 17.5. The Morgan fingerprint density at radius 3 is 2.52 bits per heavy atom. The maximum absolute atomic E-state index is 17.5. The zero-order chi connectivity index (χ0) is 24.6. The lowest BCUT2D eigenvalue weighted by Crippen LogP contribution is -2.70. The van der Waals surface area contributed by atoms with Crippen molar-refractivity contribution in [2.24, 2.45) is 28.6 Å². The van der Waals surface area contributed by atoms with E-state index in [9.17, 15) is 24.6 Å². The van der Waals surface area contributed by atoms with Crippen molar-refractivity contribution in [2.45, 2.75) is 77.2 Å². The molecule has 3 fully saturated rings. The van der Waals surface area contributed by atoms with E-state index in [1.165, 1.54) is 12.2 Å². The molecule has 182 valence electrons. The Bertz CT molecular complexity index is 958. The number of carbonyl (C=O) groups excluding carboxylic acids is 2. The average molecular weight is 483 g/mol. The molecule has 2 N–H and O–H groups in total. The van der Waals surface area contributed by atoms with Gasteiger partial charge in [0.05, 0.1) is 6.10 Å². The number of esters is 1. The first-order chi connectivity index (χ1) is 15.3. The van der Waals surface area contributed by atoms with Crippen LogP contribution in [0.15, 0.2) is 23.3 Å². The van der Waals surface area contributed by atoms with E-state index in [4.69, 9.17) is 16.3 Å². The standard InChI is InChI=1S/C25H32ClFO6/c1-5-20(30)33-25(21(31)32)13(2)8-18-17-7-6-14-9-16(28)10-15(12-26)23(14,4)24(17,27)19(29)11-22(18,25)3/h9-10,13,17-19,29H,5-8,11-12H2,1-4H3,(H,31,32)/t13-,17?,18?,19-,22?,23?,24-,25-/m0/s1. The minimum absolute atomic E-state index is 0.0195. The molecule has 0 heterocycles. The Morgan fingerprint density at radius 2 is 1.94 bits per heavy atom. The van der Waals surface area contributed by atoms with Gasteiger partial charge >= 0.3 is 11.9 Å². The summed E-state index contributed by atoms with van der Waals surface area (Å²) in [4.78, 5) is 37.3. The molecule has 8 atom stereocenters. The second-order valence-electron chi connectivity index (χ2n) is 10.7. The number of rotatable bonds is 4. The van der Waals surface area contributed by atoms with Gasteiger partial charge in [-0.25, -0.2) is 9.18 Å². The van der Waals surface area contributed by atoms with Gasteiger partial charge in [0.1, 0.15) is 0 Å². The second-order valence-corrected chi connectivity index (χ2v) is 10.9. The molecule has 4 aliphatic carbocycles. The van der Waals surface area contributed by atoms with Crippen molar-refractivity contribution >= 4 is 29.3 Å². The summed E-state index contributed by atoms with van der Waals surface area (Å²) in [6, 6.07) is 0.